The first kappa shape index (κ1) is 11.3. The molecule has 15 heavy (non-hydrogen) atoms. The van der Waals surface area contributed by atoms with Gasteiger partial charge in [-0.25, -0.2) is 9.97 Å². The maximum absolute atomic E-state index is 5.43. The van der Waals surface area contributed by atoms with E-state index in [9.17, 15) is 0 Å². The van der Waals surface area contributed by atoms with Crippen molar-refractivity contribution in [3.05, 3.63) is 17.0 Å². The molecular weight excluding hydrogens is 326 g/mol. The monoisotopic (exact) mass is 335 g/mol. The standard InChI is InChI=1S/C9H11Br2N3O/c10-3-7-5-15-2-1-14(7)9-8(11)4-12-6-13-9/h4,6-7H,1-3,5H2. The highest BCUT2D eigenvalue weighted by atomic mass is 79.9. The predicted molar refractivity (Wildman–Crippen MR) is 65.5 cm³/mol. The van der Waals surface area contributed by atoms with Crippen LogP contribution in [0.5, 0.6) is 0 Å². The first-order valence-electron chi connectivity index (χ1n) is 4.69. The molecule has 0 radical (unpaired) electrons. The summed E-state index contributed by atoms with van der Waals surface area (Å²) in [7, 11) is 0. The lowest BCUT2D eigenvalue weighted by atomic mass is 10.2. The zero-order chi connectivity index (χ0) is 10.7. The quantitative estimate of drug-likeness (QED) is 0.772. The number of anilines is 1. The average Bonchev–Trinajstić information content (AvgIpc) is 2.30. The topological polar surface area (TPSA) is 38.2 Å². The van der Waals surface area contributed by atoms with E-state index in [0.29, 0.717) is 6.04 Å². The third-order valence-electron chi connectivity index (χ3n) is 2.33. The van der Waals surface area contributed by atoms with Crippen molar-refractivity contribution in [2.75, 3.05) is 30.0 Å². The fraction of sp³-hybridized carbons (Fsp3) is 0.556. The molecule has 0 saturated carbocycles. The number of aromatic nitrogens is 2. The van der Waals surface area contributed by atoms with Crippen molar-refractivity contribution < 1.29 is 4.74 Å². The number of nitrogens with zero attached hydrogens (tertiary/aromatic N) is 3. The van der Waals surface area contributed by atoms with Gasteiger partial charge in [0.05, 0.1) is 23.7 Å². The van der Waals surface area contributed by atoms with Crippen molar-refractivity contribution in [2.24, 2.45) is 0 Å². The van der Waals surface area contributed by atoms with E-state index in [1.165, 1.54) is 0 Å². The Kier molecular flexibility index (Phi) is 3.93. The van der Waals surface area contributed by atoms with Crippen molar-refractivity contribution in [1.29, 1.82) is 0 Å². The zero-order valence-corrected chi connectivity index (χ0v) is 11.2. The fourth-order valence-corrected chi connectivity index (χ4v) is 2.56. The van der Waals surface area contributed by atoms with Gasteiger partial charge in [0.2, 0.25) is 0 Å². The number of halogens is 2. The van der Waals surface area contributed by atoms with Crippen LogP contribution in [0.2, 0.25) is 0 Å². The van der Waals surface area contributed by atoms with E-state index in [-0.39, 0.29) is 0 Å². The fourth-order valence-electron chi connectivity index (χ4n) is 1.58. The van der Waals surface area contributed by atoms with Gasteiger partial charge in [-0.05, 0) is 15.9 Å². The smallest absolute Gasteiger partial charge is 0.146 e. The zero-order valence-electron chi connectivity index (χ0n) is 8.07. The van der Waals surface area contributed by atoms with Crippen molar-refractivity contribution in [1.82, 2.24) is 9.97 Å². The molecule has 0 N–H and O–H groups in total. The Bertz CT molecular complexity index is 337. The Balaban J connectivity index is 2.24. The number of hydrogen-bond donors (Lipinski definition) is 0. The van der Waals surface area contributed by atoms with Gasteiger partial charge in [-0.15, -0.1) is 0 Å². The van der Waals surface area contributed by atoms with Gasteiger partial charge < -0.3 is 9.64 Å². The summed E-state index contributed by atoms with van der Waals surface area (Å²) >= 11 is 6.96. The summed E-state index contributed by atoms with van der Waals surface area (Å²) in [5, 5.41) is 0.878. The molecule has 1 aliphatic heterocycles. The van der Waals surface area contributed by atoms with Gasteiger partial charge in [0.25, 0.3) is 0 Å². The maximum atomic E-state index is 5.43. The second-order valence-corrected chi connectivity index (χ2v) is 4.77. The Morgan fingerprint density at radius 1 is 1.60 bits per heavy atom. The minimum Gasteiger partial charge on any atom is -0.377 e. The number of ether oxygens (including phenoxy) is 1. The van der Waals surface area contributed by atoms with Gasteiger partial charge in [0, 0.05) is 18.1 Å². The average molecular weight is 337 g/mol. The summed E-state index contributed by atoms with van der Waals surface area (Å²) < 4.78 is 6.36. The first-order chi connectivity index (χ1) is 7.33. The SMILES string of the molecule is BrCC1COCCN1c1ncncc1Br. The van der Waals surface area contributed by atoms with Crippen LogP contribution in [0.4, 0.5) is 5.82 Å². The molecule has 2 heterocycles. The molecule has 82 valence electrons. The second kappa shape index (κ2) is 5.23. The number of rotatable bonds is 2. The molecule has 2 rings (SSSR count). The van der Waals surface area contributed by atoms with Crippen molar-refractivity contribution in [3.63, 3.8) is 0 Å². The number of alkyl halides is 1. The van der Waals surface area contributed by atoms with E-state index in [1.807, 2.05) is 0 Å². The largest absolute Gasteiger partial charge is 0.377 e. The van der Waals surface area contributed by atoms with Crippen LogP contribution in [0, 0.1) is 0 Å². The maximum Gasteiger partial charge on any atom is 0.146 e. The third-order valence-corrected chi connectivity index (χ3v) is 3.63. The van der Waals surface area contributed by atoms with Gasteiger partial charge in [0.15, 0.2) is 0 Å². The molecule has 0 spiro atoms. The van der Waals surface area contributed by atoms with Crippen LogP contribution >= 0.6 is 31.9 Å². The van der Waals surface area contributed by atoms with Crippen molar-refractivity contribution in [3.8, 4) is 0 Å². The van der Waals surface area contributed by atoms with E-state index < -0.39 is 0 Å². The predicted octanol–water partition coefficient (Wildman–Crippen LogP) is 1.84. The summed E-state index contributed by atoms with van der Waals surface area (Å²) in [5.41, 5.74) is 0. The summed E-state index contributed by atoms with van der Waals surface area (Å²) in [5.74, 6) is 0.942. The molecule has 4 nitrogen and oxygen atoms in total. The summed E-state index contributed by atoms with van der Waals surface area (Å²) in [6.45, 7) is 2.35. The lowest BCUT2D eigenvalue weighted by Gasteiger charge is -2.35. The summed E-state index contributed by atoms with van der Waals surface area (Å²) in [6, 6.07) is 0.338. The van der Waals surface area contributed by atoms with E-state index in [1.54, 1.807) is 12.5 Å². The molecule has 1 aromatic heterocycles. The lowest BCUT2D eigenvalue weighted by molar-refractivity contribution is 0.0999. The second-order valence-electron chi connectivity index (χ2n) is 3.27. The minimum absolute atomic E-state index is 0.338. The molecule has 0 aromatic carbocycles. The van der Waals surface area contributed by atoms with E-state index >= 15 is 0 Å². The first-order valence-corrected chi connectivity index (χ1v) is 6.60. The van der Waals surface area contributed by atoms with Gasteiger partial charge in [-0.2, -0.15) is 0 Å². The van der Waals surface area contributed by atoms with Crippen LogP contribution in [0.15, 0.2) is 17.0 Å². The molecule has 1 unspecified atom stereocenters. The van der Waals surface area contributed by atoms with Gasteiger partial charge >= 0.3 is 0 Å². The van der Waals surface area contributed by atoms with Crippen LogP contribution in [0.3, 0.4) is 0 Å². The van der Waals surface area contributed by atoms with E-state index in [4.69, 9.17) is 4.74 Å². The molecule has 1 aromatic rings. The van der Waals surface area contributed by atoms with Gasteiger partial charge in [0.1, 0.15) is 12.1 Å². The van der Waals surface area contributed by atoms with E-state index in [2.05, 4.69) is 46.7 Å². The lowest BCUT2D eigenvalue weighted by Crippen LogP contribution is -2.47. The summed E-state index contributed by atoms with van der Waals surface area (Å²) in [4.78, 5) is 10.5. The third kappa shape index (κ3) is 2.49. The van der Waals surface area contributed by atoms with E-state index in [0.717, 1.165) is 35.4 Å². The number of hydrogen-bond acceptors (Lipinski definition) is 4. The Morgan fingerprint density at radius 2 is 2.47 bits per heavy atom. The van der Waals surface area contributed by atoms with Crippen LogP contribution in [-0.2, 0) is 4.74 Å². The molecular formula is C9H11Br2N3O. The molecule has 1 atom stereocenters. The molecule has 0 bridgehead atoms. The molecule has 6 heteroatoms. The van der Waals surface area contributed by atoms with Crippen molar-refractivity contribution in [2.45, 2.75) is 6.04 Å². The normalized spacial score (nSPS) is 21.7. The highest BCUT2D eigenvalue weighted by Crippen LogP contribution is 2.25. The van der Waals surface area contributed by atoms with Crippen LogP contribution in [-0.4, -0.2) is 41.1 Å². The highest BCUT2D eigenvalue weighted by molar-refractivity contribution is 9.10. The Labute approximate surface area is 105 Å². The molecule has 0 amide bonds. The van der Waals surface area contributed by atoms with Gasteiger partial charge in [-0.1, -0.05) is 15.9 Å². The molecule has 1 fully saturated rings. The van der Waals surface area contributed by atoms with Crippen LogP contribution in [0.1, 0.15) is 0 Å². The van der Waals surface area contributed by atoms with Crippen LogP contribution < -0.4 is 4.90 Å². The Morgan fingerprint density at radius 3 is 3.20 bits per heavy atom. The molecule has 1 aliphatic rings. The molecule has 1 saturated heterocycles. The molecule has 0 aliphatic carbocycles. The Hall–Kier alpha value is -0.200. The van der Waals surface area contributed by atoms with Crippen LogP contribution in [0.25, 0.3) is 0 Å². The minimum atomic E-state index is 0.338. The highest BCUT2D eigenvalue weighted by Gasteiger charge is 2.24. The van der Waals surface area contributed by atoms with Crippen molar-refractivity contribution >= 4 is 37.7 Å². The number of morpholine rings is 1. The van der Waals surface area contributed by atoms with Gasteiger partial charge in [-0.3, -0.25) is 0 Å². The summed E-state index contributed by atoms with van der Waals surface area (Å²) in [6.07, 6.45) is 3.34.